The van der Waals surface area contributed by atoms with Crippen LogP contribution in [0, 0.1) is 0 Å². The molecule has 0 unspecified atom stereocenters. The number of amides is 1. The van der Waals surface area contributed by atoms with Gasteiger partial charge in [-0.25, -0.2) is 4.68 Å². The minimum atomic E-state index is -0.353. The van der Waals surface area contributed by atoms with Crippen LogP contribution in [-0.4, -0.2) is 15.7 Å². The van der Waals surface area contributed by atoms with Crippen molar-refractivity contribution in [3.05, 3.63) is 101 Å². The van der Waals surface area contributed by atoms with Gasteiger partial charge in [-0.15, -0.1) is 23.1 Å². The zero-order chi connectivity index (χ0) is 19.2. The largest absolute Gasteiger partial charge is 0.310 e. The van der Waals surface area contributed by atoms with Gasteiger partial charge in [-0.1, -0.05) is 54.6 Å². The van der Waals surface area contributed by atoms with Crippen molar-refractivity contribution in [2.45, 2.75) is 16.7 Å². The molecule has 2 aromatic carbocycles. The van der Waals surface area contributed by atoms with Crippen LogP contribution in [-0.2, 0) is 11.3 Å². The Bertz CT molecular complexity index is 1010. The van der Waals surface area contributed by atoms with E-state index in [9.17, 15) is 4.79 Å². The second-order valence-corrected chi connectivity index (χ2v) is 8.38. The zero-order valence-electron chi connectivity index (χ0n) is 15.1. The molecule has 4 rings (SSSR count). The van der Waals surface area contributed by atoms with Gasteiger partial charge in [0, 0.05) is 15.8 Å². The summed E-state index contributed by atoms with van der Waals surface area (Å²) >= 11 is 3.22. The molecule has 0 spiro atoms. The van der Waals surface area contributed by atoms with Gasteiger partial charge in [-0.2, -0.15) is 5.10 Å². The maximum absolute atomic E-state index is 13.2. The number of aromatic nitrogens is 2. The number of carbonyl (C=O) groups is 1. The Labute approximate surface area is 172 Å². The third kappa shape index (κ3) is 4.52. The number of thioether (sulfide) groups is 1. The summed E-state index contributed by atoms with van der Waals surface area (Å²) in [4.78, 5) is 15.4. The summed E-state index contributed by atoms with van der Waals surface area (Å²) in [6.45, 7) is 0.641. The highest BCUT2D eigenvalue weighted by atomic mass is 32.2. The lowest BCUT2D eigenvalue weighted by molar-refractivity contribution is -0.115. The van der Waals surface area contributed by atoms with Gasteiger partial charge in [0.05, 0.1) is 12.7 Å². The molecule has 6 heteroatoms. The van der Waals surface area contributed by atoms with Crippen LogP contribution in [0.3, 0.4) is 0 Å². The molecule has 1 atom stereocenters. The molecule has 1 amide bonds. The Hall–Kier alpha value is -2.83. The quantitative estimate of drug-likeness (QED) is 0.415. The second kappa shape index (κ2) is 8.91. The number of hydrogen-bond acceptors (Lipinski definition) is 4. The molecule has 0 fully saturated rings. The van der Waals surface area contributed by atoms with Crippen molar-refractivity contribution in [2.75, 3.05) is 5.32 Å². The molecular weight excluding hydrogens is 386 g/mol. The maximum atomic E-state index is 13.2. The molecule has 140 valence electrons. The van der Waals surface area contributed by atoms with Crippen LogP contribution < -0.4 is 5.32 Å². The molecule has 4 aromatic rings. The van der Waals surface area contributed by atoms with Crippen LogP contribution in [0.15, 0.2) is 95.3 Å². The Morgan fingerprint density at radius 2 is 1.75 bits per heavy atom. The van der Waals surface area contributed by atoms with Crippen molar-refractivity contribution < 1.29 is 4.79 Å². The molecule has 0 aliphatic carbocycles. The lowest BCUT2D eigenvalue weighted by Gasteiger charge is -2.17. The summed E-state index contributed by atoms with van der Waals surface area (Å²) in [5.74, 6) is 0.640. The van der Waals surface area contributed by atoms with Gasteiger partial charge >= 0.3 is 0 Å². The number of carbonyl (C=O) groups excluding carboxylic acids is 1. The third-order valence-electron chi connectivity index (χ3n) is 4.19. The molecule has 0 saturated carbocycles. The summed E-state index contributed by atoms with van der Waals surface area (Å²) in [5, 5.41) is 9.12. The van der Waals surface area contributed by atoms with E-state index >= 15 is 0 Å². The predicted molar refractivity (Wildman–Crippen MR) is 116 cm³/mol. The monoisotopic (exact) mass is 405 g/mol. The van der Waals surface area contributed by atoms with E-state index in [1.807, 2.05) is 82.9 Å². The highest BCUT2D eigenvalue weighted by Crippen LogP contribution is 2.36. The van der Waals surface area contributed by atoms with Crippen LogP contribution in [0.4, 0.5) is 5.82 Å². The van der Waals surface area contributed by atoms with Crippen LogP contribution in [0.5, 0.6) is 0 Å². The molecule has 0 aliphatic rings. The Morgan fingerprint density at radius 3 is 2.46 bits per heavy atom. The minimum absolute atomic E-state index is 0.0621. The fourth-order valence-electron chi connectivity index (χ4n) is 2.84. The zero-order valence-corrected chi connectivity index (χ0v) is 16.7. The van der Waals surface area contributed by atoms with E-state index in [-0.39, 0.29) is 11.2 Å². The van der Waals surface area contributed by atoms with Crippen molar-refractivity contribution >= 4 is 34.8 Å². The average Bonchev–Trinajstić information content (AvgIpc) is 3.40. The van der Waals surface area contributed by atoms with Crippen molar-refractivity contribution in [1.29, 1.82) is 0 Å². The van der Waals surface area contributed by atoms with Crippen LogP contribution in [0.25, 0.3) is 0 Å². The number of anilines is 1. The smallest absolute Gasteiger partial charge is 0.243 e. The van der Waals surface area contributed by atoms with Crippen LogP contribution in [0.2, 0.25) is 0 Å². The number of thiophene rings is 1. The van der Waals surface area contributed by atoms with E-state index in [4.69, 9.17) is 0 Å². The van der Waals surface area contributed by atoms with Gasteiger partial charge in [-0.3, -0.25) is 4.79 Å². The van der Waals surface area contributed by atoms with Crippen molar-refractivity contribution in [2.24, 2.45) is 0 Å². The molecule has 0 aliphatic heterocycles. The highest BCUT2D eigenvalue weighted by molar-refractivity contribution is 8.00. The summed E-state index contributed by atoms with van der Waals surface area (Å²) in [5.41, 5.74) is 0.971. The van der Waals surface area contributed by atoms with E-state index in [2.05, 4.69) is 16.5 Å². The predicted octanol–water partition coefficient (Wildman–Crippen LogP) is 5.47. The second-order valence-electron chi connectivity index (χ2n) is 6.16. The average molecular weight is 406 g/mol. The van der Waals surface area contributed by atoms with Gasteiger partial charge < -0.3 is 5.32 Å². The molecule has 0 bridgehead atoms. The van der Waals surface area contributed by atoms with E-state index < -0.39 is 0 Å². The molecular formula is C22H19N3OS2. The van der Waals surface area contributed by atoms with Crippen molar-refractivity contribution in [3.8, 4) is 0 Å². The summed E-state index contributed by atoms with van der Waals surface area (Å²) < 4.78 is 1.82. The fraction of sp³-hybridized carbons (Fsp3) is 0.0909. The first kappa shape index (κ1) is 18.5. The van der Waals surface area contributed by atoms with E-state index in [0.29, 0.717) is 12.4 Å². The molecule has 2 heterocycles. The Kier molecular flexibility index (Phi) is 5.89. The lowest BCUT2D eigenvalue weighted by Crippen LogP contribution is -2.21. The van der Waals surface area contributed by atoms with Gasteiger partial charge in [0.25, 0.3) is 0 Å². The maximum Gasteiger partial charge on any atom is 0.243 e. The molecule has 2 aromatic heterocycles. The van der Waals surface area contributed by atoms with Gasteiger partial charge in [0.1, 0.15) is 11.1 Å². The molecule has 1 N–H and O–H groups in total. The van der Waals surface area contributed by atoms with Crippen molar-refractivity contribution in [3.63, 3.8) is 0 Å². The number of rotatable bonds is 7. The number of nitrogens with zero attached hydrogens (tertiary/aromatic N) is 2. The van der Waals surface area contributed by atoms with Gasteiger partial charge in [0.15, 0.2) is 0 Å². The molecule has 0 saturated heterocycles. The van der Waals surface area contributed by atoms with Crippen molar-refractivity contribution in [1.82, 2.24) is 9.78 Å². The minimum Gasteiger partial charge on any atom is -0.310 e. The first-order chi connectivity index (χ1) is 13.8. The van der Waals surface area contributed by atoms with Gasteiger partial charge in [-0.05, 0) is 29.1 Å². The van der Waals surface area contributed by atoms with E-state index in [1.54, 1.807) is 29.3 Å². The number of hydrogen-bond donors (Lipinski definition) is 1. The highest BCUT2D eigenvalue weighted by Gasteiger charge is 2.23. The molecule has 4 nitrogen and oxygen atoms in total. The van der Waals surface area contributed by atoms with Crippen LogP contribution in [0.1, 0.15) is 15.7 Å². The first-order valence-corrected chi connectivity index (χ1v) is 10.7. The third-order valence-corrected chi connectivity index (χ3v) is 6.32. The molecule has 0 radical (unpaired) electrons. The summed E-state index contributed by atoms with van der Waals surface area (Å²) in [6, 6.07) is 25.8. The normalized spacial score (nSPS) is 11.9. The van der Waals surface area contributed by atoms with E-state index in [0.717, 1.165) is 10.5 Å². The SMILES string of the molecule is O=C(Nc1ccnn1Cc1cccs1)[C@H](Sc1ccccc1)c1ccccc1. The number of nitrogens with one attached hydrogen (secondary N) is 1. The van der Waals surface area contributed by atoms with Gasteiger partial charge in [0.2, 0.25) is 5.91 Å². The van der Waals surface area contributed by atoms with Crippen LogP contribution >= 0.6 is 23.1 Å². The summed E-state index contributed by atoms with van der Waals surface area (Å²) in [6.07, 6.45) is 1.71. The fourth-order valence-corrected chi connectivity index (χ4v) is 4.57. The Morgan fingerprint density at radius 1 is 1.00 bits per heavy atom. The topological polar surface area (TPSA) is 46.9 Å². The molecule has 28 heavy (non-hydrogen) atoms. The first-order valence-electron chi connectivity index (χ1n) is 8.91. The summed E-state index contributed by atoms with van der Waals surface area (Å²) in [7, 11) is 0. The standard InChI is InChI=1S/C22H19N3OS2/c26-22(24-20-13-14-23-25(20)16-19-12-7-15-27-19)21(17-8-3-1-4-9-17)28-18-10-5-2-6-11-18/h1-15,21H,16H2,(H,24,26)/t21-/m1/s1. The Balaban J connectivity index is 1.55. The number of benzene rings is 2. The lowest BCUT2D eigenvalue weighted by atomic mass is 10.1. The van der Waals surface area contributed by atoms with E-state index in [1.165, 1.54) is 4.88 Å².